The molecule has 5 nitrogen and oxygen atoms in total. The number of hydrogen-bond donors (Lipinski definition) is 2. The minimum Gasteiger partial charge on any atom is -0.343 e. The molecule has 2 N–H and O–H groups in total. The van der Waals surface area contributed by atoms with Crippen LogP contribution in [0.1, 0.15) is 15.9 Å². The molecule has 0 fully saturated rings. The Hall–Kier alpha value is -1.92. The predicted octanol–water partition coefficient (Wildman–Crippen LogP) is 3.17. The van der Waals surface area contributed by atoms with Crippen molar-refractivity contribution < 1.29 is 9.59 Å². The first-order valence-electron chi connectivity index (χ1n) is 6.41. The quantitative estimate of drug-likeness (QED) is 0.798. The van der Waals surface area contributed by atoms with Crippen molar-refractivity contribution in [2.24, 2.45) is 0 Å². The lowest BCUT2D eigenvalue weighted by Crippen LogP contribution is -2.33. The highest BCUT2D eigenvalue weighted by molar-refractivity contribution is 9.10. The summed E-state index contributed by atoms with van der Waals surface area (Å²) in [6, 6.07) is 8.49. The summed E-state index contributed by atoms with van der Waals surface area (Å²) < 4.78 is 0.936. The SMILES string of the molecule is Cc1cc(Br)ccc1NC(=O)CNC(=O)c1ccnc(Cl)c1. The van der Waals surface area contributed by atoms with E-state index in [1.165, 1.54) is 18.3 Å². The fraction of sp³-hybridized carbons (Fsp3) is 0.133. The molecule has 2 rings (SSSR count). The molecular weight excluding hydrogens is 370 g/mol. The van der Waals surface area contributed by atoms with Gasteiger partial charge in [0.2, 0.25) is 5.91 Å². The zero-order valence-electron chi connectivity index (χ0n) is 11.7. The van der Waals surface area contributed by atoms with Gasteiger partial charge in [0.1, 0.15) is 5.15 Å². The van der Waals surface area contributed by atoms with Crippen LogP contribution in [-0.2, 0) is 4.79 Å². The van der Waals surface area contributed by atoms with Crippen LogP contribution in [0.15, 0.2) is 41.0 Å². The van der Waals surface area contributed by atoms with E-state index in [0.717, 1.165) is 10.0 Å². The molecular formula is C15H13BrClN3O2. The van der Waals surface area contributed by atoms with Gasteiger partial charge >= 0.3 is 0 Å². The lowest BCUT2D eigenvalue weighted by molar-refractivity contribution is -0.115. The van der Waals surface area contributed by atoms with E-state index in [4.69, 9.17) is 11.6 Å². The van der Waals surface area contributed by atoms with Gasteiger partial charge < -0.3 is 10.6 Å². The molecule has 0 saturated heterocycles. The molecule has 0 spiro atoms. The highest BCUT2D eigenvalue weighted by Gasteiger charge is 2.10. The van der Waals surface area contributed by atoms with E-state index in [9.17, 15) is 9.59 Å². The normalized spacial score (nSPS) is 10.1. The molecule has 0 aliphatic rings. The van der Waals surface area contributed by atoms with Crippen LogP contribution in [0, 0.1) is 6.92 Å². The number of aryl methyl sites for hydroxylation is 1. The van der Waals surface area contributed by atoms with Crippen LogP contribution in [0.4, 0.5) is 5.69 Å². The molecule has 0 aliphatic heterocycles. The molecule has 2 aromatic rings. The number of nitrogens with one attached hydrogen (secondary N) is 2. The van der Waals surface area contributed by atoms with Crippen molar-refractivity contribution in [2.45, 2.75) is 6.92 Å². The Morgan fingerprint density at radius 3 is 2.73 bits per heavy atom. The summed E-state index contributed by atoms with van der Waals surface area (Å²) in [5, 5.41) is 5.50. The van der Waals surface area contributed by atoms with E-state index < -0.39 is 0 Å². The summed E-state index contributed by atoms with van der Waals surface area (Å²) in [7, 11) is 0. The van der Waals surface area contributed by atoms with Crippen molar-refractivity contribution >= 4 is 45.0 Å². The van der Waals surface area contributed by atoms with Crippen LogP contribution < -0.4 is 10.6 Å². The van der Waals surface area contributed by atoms with Crippen LogP contribution >= 0.6 is 27.5 Å². The molecule has 0 atom stereocenters. The van der Waals surface area contributed by atoms with Crippen molar-refractivity contribution in [3.63, 3.8) is 0 Å². The van der Waals surface area contributed by atoms with E-state index in [1.54, 1.807) is 6.07 Å². The summed E-state index contributed by atoms with van der Waals surface area (Å²) >= 11 is 9.07. The predicted molar refractivity (Wildman–Crippen MR) is 89.1 cm³/mol. The van der Waals surface area contributed by atoms with Gasteiger partial charge in [0.25, 0.3) is 5.91 Å². The monoisotopic (exact) mass is 381 g/mol. The standard InChI is InChI=1S/C15H13BrClN3O2/c1-9-6-11(16)2-3-12(9)20-14(21)8-19-15(22)10-4-5-18-13(17)7-10/h2-7H,8H2,1H3,(H,19,22)(H,20,21). The van der Waals surface area contributed by atoms with Gasteiger partial charge in [-0.1, -0.05) is 27.5 Å². The van der Waals surface area contributed by atoms with E-state index in [0.29, 0.717) is 11.3 Å². The maximum atomic E-state index is 11.9. The minimum atomic E-state index is -0.382. The average molecular weight is 383 g/mol. The summed E-state index contributed by atoms with van der Waals surface area (Å²) in [4.78, 5) is 27.6. The van der Waals surface area contributed by atoms with Crippen molar-refractivity contribution in [1.29, 1.82) is 0 Å². The van der Waals surface area contributed by atoms with E-state index >= 15 is 0 Å². The zero-order chi connectivity index (χ0) is 16.1. The second-order valence-corrected chi connectivity index (χ2v) is 5.86. The van der Waals surface area contributed by atoms with Gasteiger partial charge in [-0.25, -0.2) is 4.98 Å². The van der Waals surface area contributed by atoms with Gasteiger partial charge in [0.05, 0.1) is 6.54 Å². The van der Waals surface area contributed by atoms with Crippen LogP contribution in [0.25, 0.3) is 0 Å². The molecule has 114 valence electrons. The van der Waals surface area contributed by atoms with Gasteiger partial charge in [-0.05, 0) is 42.8 Å². The number of pyridine rings is 1. The number of anilines is 1. The number of carbonyl (C=O) groups is 2. The van der Waals surface area contributed by atoms with Gasteiger partial charge in [0.15, 0.2) is 0 Å². The van der Waals surface area contributed by atoms with Crippen molar-refractivity contribution in [2.75, 3.05) is 11.9 Å². The highest BCUT2D eigenvalue weighted by atomic mass is 79.9. The maximum Gasteiger partial charge on any atom is 0.251 e. The third-order valence-corrected chi connectivity index (χ3v) is 3.56. The number of aromatic nitrogens is 1. The number of halogens is 2. The third-order valence-electron chi connectivity index (χ3n) is 2.86. The first-order chi connectivity index (χ1) is 10.5. The molecule has 0 aliphatic carbocycles. The summed E-state index contributed by atoms with van der Waals surface area (Å²) in [5.41, 5.74) is 1.98. The second kappa shape index (κ2) is 7.38. The smallest absolute Gasteiger partial charge is 0.251 e. The zero-order valence-corrected chi connectivity index (χ0v) is 14.0. The van der Waals surface area contributed by atoms with Gasteiger partial charge in [-0.3, -0.25) is 9.59 Å². The number of benzene rings is 1. The van der Waals surface area contributed by atoms with E-state index in [1.807, 2.05) is 19.1 Å². The lowest BCUT2D eigenvalue weighted by atomic mass is 10.2. The maximum absolute atomic E-state index is 11.9. The van der Waals surface area contributed by atoms with Gasteiger partial charge in [-0.2, -0.15) is 0 Å². The van der Waals surface area contributed by atoms with Crippen LogP contribution in [0.3, 0.4) is 0 Å². The molecule has 0 saturated carbocycles. The van der Waals surface area contributed by atoms with Gasteiger partial charge in [-0.15, -0.1) is 0 Å². The number of hydrogen-bond acceptors (Lipinski definition) is 3. The molecule has 1 heterocycles. The first-order valence-corrected chi connectivity index (χ1v) is 7.58. The number of carbonyl (C=O) groups excluding carboxylic acids is 2. The molecule has 1 aromatic carbocycles. The molecule has 2 amide bonds. The lowest BCUT2D eigenvalue weighted by Gasteiger charge is -2.09. The molecule has 0 bridgehead atoms. The Kier molecular flexibility index (Phi) is 5.51. The van der Waals surface area contributed by atoms with Crippen LogP contribution in [0.2, 0.25) is 5.15 Å². The van der Waals surface area contributed by atoms with E-state index in [-0.39, 0.29) is 23.5 Å². The highest BCUT2D eigenvalue weighted by Crippen LogP contribution is 2.19. The topological polar surface area (TPSA) is 71.1 Å². The molecule has 7 heteroatoms. The number of nitrogens with zero attached hydrogens (tertiary/aromatic N) is 1. The second-order valence-electron chi connectivity index (χ2n) is 4.56. The Morgan fingerprint density at radius 2 is 2.05 bits per heavy atom. The Morgan fingerprint density at radius 1 is 1.27 bits per heavy atom. The Balaban J connectivity index is 1.91. The summed E-state index contributed by atoms with van der Waals surface area (Å²) in [6.07, 6.45) is 1.43. The molecule has 1 aromatic heterocycles. The average Bonchev–Trinajstić information content (AvgIpc) is 2.47. The fourth-order valence-electron chi connectivity index (χ4n) is 1.77. The number of rotatable bonds is 4. The molecule has 0 unspecified atom stereocenters. The Bertz CT molecular complexity index is 722. The van der Waals surface area contributed by atoms with Gasteiger partial charge in [0, 0.05) is 21.9 Å². The first kappa shape index (κ1) is 16.5. The largest absolute Gasteiger partial charge is 0.343 e. The number of amides is 2. The summed E-state index contributed by atoms with van der Waals surface area (Å²) in [6.45, 7) is 1.76. The molecule has 22 heavy (non-hydrogen) atoms. The van der Waals surface area contributed by atoms with Crippen molar-refractivity contribution in [1.82, 2.24) is 10.3 Å². The fourth-order valence-corrected chi connectivity index (χ4v) is 2.42. The third kappa shape index (κ3) is 4.54. The summed E-state index contributed by atoms with van der Waals surface area (Å²) in [5.74, 6) is -0.689. The van der Waals surface area contributed by atoms with Crippen LogP contribution in [-0.4, -0.2) is 23.3 Å². The van der Waals surface area contributed by atoms with E-state index in [2.05, 4.69) is 31.5 Å². The van der Waals surface area contributed by atoms with Crippen molar-refractivity contribution in [3.8, 4) is 0 Å². The minimum absolute atomic E-state index is 0.131. The van der Waals surface area contributed by atoms with Crippen LogP contribution in [0.5, 0.6) is 0 Å². The molecule has 0 radical (unpaired) electrons. The Labute approximate surface area is 141 Å². The van der Waals surface area contributed by atoms with Crippen molar-refractivity contribution in [3.05, 3.63) is 57.3 Å².